The molecular formula is C57H78BrCl2I62N. The molecule has 4 atom stereocenters. The van der Waals surface area contributed by atoms with Gasteiger partial charge in [0.05, 0.1) is 5.54 Å². The Morgan fingerprint density at radius 1 is 0.285 bits per heavy atom. The molecule has 4 aromatic rings. The molecule has 0 aromatic heterocycles. The second-order valence-corrected chi connectivity index (χ2v) is 1490. The SMILES string of the molecule is CC(C)(C)c1cc(Cl)cc(Br)c1.CC(C)(C)c1cc(Cl)cc(N2c3ccc(C(C)(C)C)cc3C3(C)CCCCC23C)c1.CC(C)(C)c1ccc2c(c1)C1(C)CCCCC1(C)C2.II(I)I(I)I(I)I(I)I(I)I(I)I(I)I(I)I(I)I(I)I(I)I(I)I(I)I(I)I(I)I(I)I(I)I(I)I(I)I(I)I(I)I(I)I(I)I(I)I(I)I(I)I(I)I(I)I(I)I(I)I. The molecular weight excluding hydrogens is 8720 g/mol. The monoisotopic (exact) mass is 8790 g/mol. The van der Waals surface area contributed by atoms with Crippen molar-refractivity contribution in [1.82, 2.24) is 0 Å². The molecule has 8 rings (SSSR count). The van der Waals surface area contributed by atoms with E-state index in [2.05, 4.69) is 788 Å². The fraction of sp³-hybridized carbons (Fsp3) is 0.579. The van der Waals surface area contributed by atoms with Gasteiger partial charge in [0, 0.05) is 31.3 Å². The van der Waals surface area contributed by atoms with Crippen molar-refractivity contribution in [2.75, 3.05) is 4.90 Å². The van der Waals surface area contributed by atoms with Gasteiger partial charge in [0.25, 0.3) is 0 Å². The summed E-state index contributed by atoms with van der Waals surface area (Å²) in [6.45, 7) is 37.3. The summed E-state index contributed by atoms with van der Waals surface area (Å²) in [6, 6.07) is 27.2. The third kappa shape index (κ3) is 48.7. The standard InChI is InChI=1S/C28H38ClN.C19H28.C10H12BrCl.I62/c1-25(2,3)19-11-12-24-23(17-19)27(7)13-9-10-14-28(27,8)30(24)22-16-20(26(4,5)6)15-21(29)18-22;1-17(2,3)15-9-8-14-13-18(4)10-6-7-11-19(18,5)16(14)12-15;1-10(2,3)7-4-8(11)6-9(12)5-7;1-33(2)35(5)37(7)39(9)41(11)43(13)45(15)47(17)49(19)51(21)53(23)55(25)57(27)59(29)61(31)62(32)60(30)58(28)56(26)54(24)52(22)50(20)48(18)46(16)44(14)42(12)40(10)38(8)36(6)34(3)4/h11-12,15-18H,9-10,13-14H2,1-8H3;8-9,12H,6-7,10-11,13H2,1-5H3;4-6H,1-3H3;. The first kappa shape index (κ1) is 156. The molecule has 0 bridgehead atoms. The van der Waals surface area contributed by atoms with Gasteiger partial charge in [0.1, 0.15) is 0 Å². The van der Waals surface area contributed by atoms with Crippen LogP contribution in [0.3, 0.4) is 0 Å². The average molecular weight is 8800 g/mol. The first-order valence-electron chi connectivity index (χ1n) is 32.0. The van der Waals surface area contributed by atoms with E-state index in [1.165, 1.54) is 97.0 Å². The fourth-order valence-corrected chi connectivity index (χ4v) is 11700. The van der Waals surface area contributed by atoms with Crippen LogP contribution in [0.15, 0.2) is 77.3 Å². The van der Waals surface area contributed by atoms with E-state index < -0.39 is 237 Å². The van der Waals surface area contributed by atoms with Crippen molar-refractivity contribution in [1.29, 1.82) is 0 Å². The zero-order chi connectivity index (χ0) is 94.7. The molecule has 0 radical (unpaired) electrons. The molecule has 123 heavy (non-hydrogen) atoms. The number of anilines is 2. The molecule has 0 saturated heterocycles. The average Bonchev–Trinajstić information content (AvgIpc) is 1.53. The Morgan fingerprint density at radius 3 is 0.846 bits per heavy atom. The Labute approximate surface area is 1170 Å². The van der Waals surface area contributed by atoms with Crippen molar-refractivity contribution in [3.8, 4) is 0 Å². The third-order valence-corrected chi connectivity index (χ3v) is 4810. The maximum atomic E-state index is 6.68. The van der Waals surface area contributed by atoms with Crippen LogP contribution in [0.4, 0.5) is 11.4 Å². The van der Waals surface area contributed by atoms with Gasteiger partial charge in [-0.25, -0.2) is 0 Å². The van der Waals surface area contributed by atoms with E-state index in [1.54, 1.807) is 11.1 Å². The summed E-state index contributed by atoms with van der Waals surface area (Å²) >= 11 is 122. The van der Waals surface area contributed by atoms with Crippen LogP contribution in [0.2, 0.25) is 10.0 Å². The summed E-state index contributed by atoms with van der Waals surface area (Å²) in [4.78, 5) is 2.63. The van der Waals surface area contributed by atoms with Crippen LogP contribution in [0.25, 0.3) is 0 Å². The van der Waals surface area contributed by atoms with Crippen LogP contribution >= 0.6 is 872 Å². The van der Waals surface area contributed by atoms with Gasteiger partial charge in [-0.1, -0.05) is 199 Å². The van der Waals surface area contributed by atoms with Crippen LogP contribution in [0.5, 0.6) is 0 Å². The van der Waals surface area contributed by atoms with Crippen LogP contribution in [0, 0.1) is 5.41 Å². The van der Waals surface area contributed by atoms with Crippen molar-refractivity contribution in [2.45, 2.75) is 207 Å². The number of fused-ring (bicyclic) bond motifs is 6. The molecule has 2 saturated carbocycles. The summed E-state index contributed by atoms with van der Waals surface area (Å²) in [6.07, 6.45) is 12.0. The molecule has 3 aliphatic carbocycles. The van der Waals surface area contributed by atoms with E-state index in [-0.39, 0.29) is 32.6 Å². The molecule has 0 N–H and O–H groups in total. The zero-order valence-electron chi connectivity index (χ0n) is 64.3. The van der Waals surface area contributed by atoms with Crippen molar-refractivity contribution < 1.29 is 0 Å². The first-order valence-corrected chi connectivity index (χ1v) is 417. The van der Waals surface area contributed by atoms with Gasteiger partial charge in [-0.05, 0) is 153 Å². The fourth-order valence-electron chi connectivity index (χ4n) is 12.0. The molecule has 1 nitrogen and oxygen atoms in total. The Kier molecular flexibility index (Phi) is 97.1. The van der Waals surface area contributed by atoms with E-state index in [9.17, 15) is 0 Å². The van der Waals surface area contributed by atoms with Gasteiger partial charge < -0.3 is 4.90 Å². The van der Waals surface area contributed by atoms with Crippen LogP contribution in [-0.2, 0) is 38.9 Å². The number of benzene rings is 4. The van der Waals surface area contributed by atoms with Gasteiger partial charge in [-0.3, -0.25) is 0 Å². The van der Waals surface area contributed by atoms with E-state index in [0.717, 1.165) is 14.5 Å². The molecule has 0 spiro atoms. The van der Waals surface area contributed by atoms with Crippen LogP contribution in [-0.4, -0.2) is 5.54 Å². The van der Waals surface area contributed by atoms with Gasteiger partial charge in [-0.15, -0.1) is 0 Å². The minimum atomic E-state index is -0.607. The summed E-state index contributed by atoms with van der Waals surface area (Å²) in [5.74, 6) is 0. The van der Waals surface area contributed by atoms with Gasteiger partial charge in [-0.2, -0.15) is 0 Å². The molecule has 4 unspecified atom stereocenters. The normalized spacial score (nSPS) is 22.4. The maximum absolute atomic E-state index is 6.68. The van der Waals surface area contributed by atoms with Crippen molar-refractivity contribution in [2.24, 2.45) is 5.41 Å². The van der Waals surface area contributed by atoms with Gasteiger partial charge in [0.2, 0.25) is 0 Å². The molecule has 66 heteroatoms. The summed E-state index contributed by atoms with van der Waals surface area (Å²) in [5.41, 5.74) is 14.7. The van der Waals surface area contributed by atoms with E-state index >= 15 is 0 Å². The predicted molar refractivity (Wildman–Crippen MR) is 1140 cm³/mol. The second-order valence-electron chi connectivity index (χ2n) is 29.2. The number of hydrogen-bond donors (Lipinski definition) is 0. The van der Waals surface area contributed by atoms with Crippen molar-refractivity contribution in [3.63, 3.8) is 0 Å². The first-order chi connectivity index (χ1) is 56.1. The topological polar surface area (TPSA) is 3.24 Å². The Morgan fingerprint density at radius 2 is 0.545 bits per heavy atom. The number of rotatable bonds is 30. The Bertz CT molecular complexity index is 3890. The van der Waals surface area contributed by atoms with Gasteiger partial charge >= 0.3 is 833 Å². The van der Waals surface area contributed by atoms with Crippen LogP contribution in [0.1, 0.15) is 201 Å². The number of halogens is 65. The molecule has 0 amide bonds. The zero-order valence-corrected chi connectivity index (χ0v) is 201. The van der Waals surface area contributed by atoms with Crippen LogP contribution < -0.4 is 4.90 Å². The summed E-state index contributed by atoms with van der Waals surface area (Å²) in [7, 11) is -16.8. The molecule has 766 valence electrons. The van der Waals surface area contributed by atoms with E-state index in [0.29, 0.717) is 10.8 Å². The number of hydrogen-bond acceptors (Lipinski definition) is 1. The molecule has 1 aliphatic heterocycles. The molecule has 4 aromatic carbocycles. The minimum absolute atomic E-state index is 0.0595. The second kappa shape index (κ2) is 76.4. The Hall–Kier alpha value is 43.0. The predicted octanol–water partition coefficient (Wildman–Crippen LogP) is 73.4. The third-order valence-electron chi connectivity index (χ3n) is 18.2. The van der Waals surface area contributed by atoms with Gasteiger partial charge in [0.15, 0.2) is 0 Å². The van der Waals surface area contributed by atoms with Crippen molar-refractivity contribution in [3.05, 3.63) is 126 Å². The van der Waals surface area contributed by atoms with Crippen molar-refractivity contribution >= 4 is 883 Å². The summed E-state index contributed by atoms with van der Waals surface area (Å²) < 4.78 is 1.04. The molecule has 2 fully saturated rings. The molecule has 4 aliphatic rings. The quantitative estimate of drug-likeness (QED) is 0.0470. The molecule has 1 heterocycles. The van der Waals surface area contributed by atoms with E-state index in [4.69, 9.17) is 23.2 Å². The Balaban J connectivity index is 0.000000352. The summed E-state index contributed by atoms with van der Waals surface area (Å²) in [5, 5.41) is 1.62. The number of nitrogens with zero attached hydrogens (tertiary/aromatic N) is 1. The van der Waals surface area contributed by atoms with E-state index in [1.807, 2.05) is 12.1 Å².